The molecule has 4 aromatic heterocycles. The Morgan fingerprint density at radius 1 is 0.800 bits per heavy atom. The van der Waals surface area contributed by atoms with Crippen molar-refractivity contribution < 1.29 is 62.2 Å². The van der Waals surface area contributed by atoms with Crippen molar-refractivity contribution in [3.63, 3.8) is 0 Å². The molecule has 23 nitrogen and oxygen atoms in total. The zero-order valence-corrected chi connectivity index (χ0v) is 24.3. The number of nitrogen functional groups attached to an aromatic ring is 2. The smallest absolute Gasteiger partial charge is 0.394 e. The lowest BCUT2D eigenvalue weighted by Gasteiger charge is -2.27. The second-order valence-electron chi connectivity index (χ2n) is 9.84. The fourth-order valence-electron chi connectivity index (χ4n) is 4.93. The van der Waals surface area contributed by atoms with Gasteiger partial charge in [-0.1, -0.05) is 0 Å². The summed E-state index contributed by atoms with van der Waals surface area (Å²) in [4.78, 5) is 42.9. The van der Waals surface area contributed by atoms with Gasteiger partial charge < -0.3 is 51.2 Å². The summed E-state index contributed by atoms with van der Waals surface area (Å²) in [5.74, 6) is 0.0290. The molecule has 2 aliphatic rings. The second kappa shape index (κ2) is 11.8. The van der Waals surface area contributed by atoms with Gasteiger partial charge in [0, 0.05) is 0 Å². The highest BCUT2D eigenvalue weighted by Crippen LogP contribution is 2.63. The predicted molar refractivity (Wildman–Crippen MR) is 144 cm³/mol. The van der Waals surface area contributed by atoms with E-state index in [1.54, 1.807) is 0 Å². The van der Waals surface area contributed by atoms with Gasteiger partial charge in [-0.05, 0) is 0 Å². The van der Waals surface area contributed by atoms with Gasteiger partial charge in [0.15, 0.2) is 35.4 Å². The van der Waals surface area contributed by atoms with Gasteiger partial charge in [0.25, 0.3) is 0 Å². The summed E-state index contributed by atoms with van der Waals surface area (Å²) in [7, 11) is -11.0. The first kappa shape index (κ1) is 31.7. The Morgan fingerprint density at radius 2 is 1.36 bits per heavy atom. The lowest BCUT2D eigenvalue weighted by Crippen LogP contribution is -2.36. The fourth-order valence-corrected chi connectivity index (χ4v) is 7.24. The van der Waals surface area contributed by atoms with Crippen LogP contribution in [0.1, 0.15) is 12.5 Å². The molecule has 244 valence electrons. The molecule has 0 bridgehead atoms. The van der Waals surface area contributed by atoms with E-state index in [1.165, 1.54) is 21.8 Å². The maximum absolute atomic E-state index is 13.7. The molecular formula is C20H26N10O13P2. The zero-order valence-electron chi connectivity index (χ0n) is 22.5. The summed E-state index contributed by atoms with van der Waals surface area (Å²) in [6.45, 7) is -1.68. The van der Waals surface area contributed by atoms with E-state index in [0.717, 1.165) is 12.7 Å². The van der Waals surface area contributed by atoms with Gasteiger partial charge in [0.2, 0.25) is 0 Å². The summed E-state index contributed by atoms with van der Waals surface area (Å²) in [5.41, 5.74) is 12.1. The highest BCUT2D eigenvalue weighted by molar-refractivity contribution is 7.61. The standard InChI is InChI=1S/C20H26N10O13P2/c21-15-9-17(25-3-23-15)29(5-27-9)19-13(34)11(32)8(41-19)2-39-45(38,43-44(35,36)37)42-14-12(33)7(1-31)40-20(14)30-6-28-10-16(22)24-4-26-18(10)30/h3-8,11-14,19-20,31-34H,1-2H2,(H2,21,23,25)(H2,22,24,26)(H2,35,36,37)/t7-,8-,11-,12-,13-,14-,19-,20-,45?/m1/s1. The van der Waals surface area contributed by atoms with Crippen LogP contribution in [-0.2, 0) is 32.0 Å². The van der Waals surface area contributed by atoms with Gasteiger partial charge in [-0.2, -0.15) is 4.31 Å². The van der Waals surface area contributed by atoms with Crippen LogP contribution in [0.3, 0.4) is 0 Å². The molecule has 10 N–H and O–H groups in total. The number of aliphatic hydroxyl groups is 4. The maximum Gasteiger partial charge on any atom is 0.484 e. The van der Waals surface area contributed by atoms with E-state index in [2.05, 4.69) is 34.2 Å². The molecule has 0 spiro atoms. The van der Waals surface area contributed by atoms with Gasteiger partial charge in [-0.15, -0.1) is 0 Å². The van der Waals surface area contributed by atoms with Crippen molar-refractivity contribution in [3.8, 4) is 0 Å². The number of fused-ring (bicyclic) bond motifs is 2. The van der Waals surface area contributed by atoms with Crippen molar-refractivity contribution in [3.05, 3.63) is 25.3 Å². The number of nitrogens with zero attached hydrogens (tertiary/aromatic N) is 8. The Bertz CT molecular complexity index is 1800. The first-order valence-corrected chi connectivity index (χ1v) is 15.8. The maximum atomic E-state index is 13.7. The number of hydrogen-bond acceptors (Lipinski definition) is 19. The predicted octanol–water partition coefficient (Wildman–Crippen LogP) is -2.68. The van der Waals surface area contributed by atoms with Crippen molar-refractivity contribution in [1.82, 2.24) is 39.0 Å². The third-order valence-electron chi connectivity index (χ3n) is 7.01. The summed E-state index contributed by atoms with van der Waals surface area (Å²) < 4.78 is 54.3. The molecule has 2 fully saturated rings. The number of phosphoric ester groups is 1. The molecule has 6 rings (SSSR count). The van der Waals surface area contributed by atoms with Crippen LogP contribution < -0.4 is 11.5 Å². The number of nitrogens with two attached hydrogens (primary N) is 2. The van der Waals surface area contributed by atoms with Crippen molar-refractivity contribution in [2.24, 2.45) is 0 Å². The van der Waals surface area contributed by atoms with E-state index in [1.807, 2.05) is 0 Å². The molecule has 9 atom stereocenters. The van der Waals surface area contributed by atoms with E-state index >= 15 is 0 Å². The first-order valence-electron chi connectivity index (χ1n) is 12.8. The molecule has 6 heterocycles. The second-order valence-corrected chi connectivity index (χ2v) is 12.8. The van der Waals surface area contributed by atoms with Crippen LogP contribution in [0.25, 0.3) is 22.3 Å². The molecular weight excluding hydrogens is 650 g/mol. The number of anilines is 2. The fraction of sp³-hybridized carbons (Fsp3) is 0.500. The van der Waals surface area contributed by atoms with Gasteiger partial charge in [0.05, 0.1) is 25.9 Å². The third-order valence-corrected chi connectivity index (χ3v) is 9.62. The largest absolute Gasteiger partial charge is 0.484 e. The van der Waals surface area contributed by atoms with Crippen LogP contribution in [0, 0.1) is 0 Å². The number of imidazole rings is 2. The van der Waals surface area contributed by atoms with E-state index in [4.69, 9.17) is 30.0 Å². The number of phosphoric acid groups is 2. The minimum absolute atomic E-state index is 0.0115. The Hall–Kier alpha value is -3.28. The van der Waals surface area contributed by atoms with Crippen LogP contribution in [-0.4, -0.2) is 119 Å². The molecule has 1 unspecified atom stereocenters. The minimum atomic E-state index is -5.62. The summed E-state index contributed by atoms with van der Waals surface area (Å²) >= 11 is 0. The Balaban J connectivity index is 1.25. The highest BCUT2D eigenvalue weighted by atomic mass is 31.3. The van der Waals surface area contributed by atoms with Crippen molar-refractivity contribution >= 4 is 49.6 Å². The van der Waals surface area contributed by atoms with E-state index in [-0.39, 0.29) is 34.0 Å². The van der Waals surface area contributed by atoms with E-state index in [0.29, 0.717) is 0 Å². The molecule has 25 heteroatoms. The van der Waals surface area contributed by atoms with Gasteiger partial charge in [-0.25, -0.2) is 39.0 Å². The van der Waals surface area contributed by atoms with Gasteiger partial charge in [0.1, 0.15) is 60.3 Å². The highest BCUT2D eigenvalue weighted by Gasteiger charge is 2.52. The van der Waals surface area contributed by atoms with Crippen LogP contribution in [0.15, 0.2) is 25.3 Å². The summed E-state index contributed by atoms with van der Waals surface area (Å²) in [6.07, 6.45) is -7.87. The van der Waals surface area contributed by atoms with Gasteiger partial charge in [-0.3, -0.25) is 18.2 Å². The average molecular weight is 676 g/mol. The van der Waals surface area contributed by atoms with Gasteiger partial charge >= 0.3 is 15.6 Å². The third kappa shape index (κ3) is 5.90. The molecule has 2 aliphatic heterocycles. The molecule has 45 heavy (non-hydrogen) atoms. The molecule has 0 aromatic carbocycles. The summed E-state index contributed by atoms with van der Waals surface area (Å²) in [5, 5.41) is 42.0. The number of aromatic nitrogens is 8. The summed E-state index contributed by atoms with van der Waals surface area (Å²) in [6, 6.07) is 0. The number of rotatable bonds is 10. The first-order chi connectivity index (χ1) is 21.3. The molecule has 0 aliphatic carbocycles. The number of hydrogen-bond donors (Lipinski definition) is 8. The molecule has 0 amide bonds. The number of ether oxygens (including phenoxy) is 2. The number of aliphatic hydroxyl groups excluding tert-OH is 4. The molecule has 4 aromatic rings. The zero-order chi connectivity index (χ0) is 32.3. The van der Waals surface area contributed by atoms with Crippen LogP contribution in [0.4, 0.5) is 11.6 Å². The molecule has 0 radical (unpaired) electrons. The topological polar surface area (TPSA) is 341 Å². The normalized spacial score (nSPS) is 30.4. The Labute approximate surface area is 250 Å². The Morgan fingerprint density at radius 3 is 1.91 bits per heavy atom. The van der Waals surface area contributed by atoms with Crippen LogP contribution in [0.2, 0.25) is 0 Å². The van der Waals surface area contributed by atoms with E-state index < -0.39 is 77.9 Å². The van der Waals surface area contributed by atoms with Crippen molar-refractivity contribution in [2.75, 3.05) is 24.7 Å². The van der Waals surface area contributed by atoms with Crippen molar-refractivity contribution in [2.45, 2.75) is 49.1 Å². The monoisotopic (exact) mass is 676 g/mol. The Kier molecular flexibility index (Phi) is 8.33. The quantitative estimate of drug-likeness (QED) is 0.0793. The average Bonchev–Trinajstić information content (AvgIpc) is 3.73. The SMILES string of the molecule is Nc1ncnc2c1ncn2[C@@H]1O[C@H](COP(=O)(O[C@@H]2[C@H](O)[C@@H](CO)O[C@H]2n2cnc3c(N)ncnc32)OP(=O)(O)O)[C@@H](O)[C@H]1O. The van der Waals surface area contributed by atoms with E-state index in [9.17, 15) is 39.3 Å². The minimum Gasteiger partial charge on any atom is -0.394 e. The lowest BCUT2D eigenvalue weighted by atomic mass is 10.1. The van der Waals surface area contributed by atoms with Crippen LogP contribution in [0.5, 0.6) is 0 Å². The molecule has 2 saturated heterocycles. The van der Waals surface area contributed by atoms with Crippen molar-refractivity contribution in [1.29, 1.82) is 0 Å². The molecule has 0 saturated carbocycles. The van der Waals surface area contributed by atoms with Crippen LogP contribution >= 0.6 is 15.6 Å². The lowest BCUT2D eigenvalue weighted by molar-refractivity contribution is -0.0614.